The molecule has 0 radical (unpaired) electrons. The van der Waals surface area contributed by atoms with Crippen LogP contribution in [-0.4, -0.2) is 17.6 Å². The monoisotopic (exact) mass is 277 g/mol. The summed E-state index contributed by atoms with van der Waals surface area (Å²) in [6.45, 7) is 0.471. The number of aromatic nitrogens is 1. The number of benzene rings is 1. The lowest BCUT2D eigenvalue weighted by Gasteiger charge is -2.16. The van der Waals surface area contributed by atoms with Crippen molar-refractivity contribution in [3.8, 4) is 5.75 Å². The summed E-state index contributed by atoms with van der Waals surface area (Å²) in [5.74, 6) is 6.28. The van der Waals surface area contributed by atoms with Crippen LogP contribution in [0.3, 0.4) is 0 Å². The summed E-state index contributed by atoms with van der Waals surface area (Å²) in [5.41, 5.74) is 3.92. The first-order valence-corrected chi connectivity index (χ1v) is 6.39. The zero-order valence-electron chi connectivity index (χ0n) is 10.4. The highest BCUT2D eigenvalue weighted by molar-refractivity contribution is 6.30. The van der Waals surface area contributed by atoms with Gasteiger partial charge in [0.25, 0.3) is 0 Å². The van der Waals surface area contributed by atoms with Gasteiger partial charge in [0.1, 0.15) is 12.4 Å². The Balaban J connectivity index is 1.89. The van der Waals surface area contributed by atoms with Crippen molar-refractivity contribution in [3.63, 3.8) is 0 Å². The highest BCUT2D eigenvalue weighted by atomic mass is 35.5. The lowest BCUT2D eigenvalue weighted by molar-refractivity contribution is 0.264. The Morgan fingerprint density at radius 2 is 2.05 bits per heavy atom. The molecule has 0 aliphatic carbocycles. The fourth-order valence-electron chi connectivity index (χ4n) is 1.72. The second-order valence-electron chi connectivity index (χ2n) is 4.19. The molecule has 0 fully saturated rings. The Bertz CT molecular complexity index is 507. The van der Waals surface area contributed by atoms with Crippen LogP contribution in [0.25, 0.3) is 0 Å². The maximum atomic E-state index is 5.90. The van der Waals surface area contributed by atoms with Crippen LogP contribution in [0.5, 0.6) is 5.75 Å². The lowest BCUT2D eigenvalue weighted by atomic mass is 10.1. The smallest absolute Gasteiger partial charge is 0.120 e. The van der Waals surface area contributed by atoms with Gasteiger partial charge < -0.3 is 4.74 Å². The van der Waals surface area contributed by atoms with Crippen molar-refractivity contribution in [1.29, 1.82) is 0 Å². The van der Waals surface area contributed by atoms with Gasteiger partial charge in [0.05, 0.1) is 6.04 Å². The molecule has 0 spiro atoms. The first-order chi connectivity index (χ1) is 9.28. The van der Waals surface area contributed by atoms with Crippen molar-refractivity contribution >= 4 is 11.6 Å². The SMILES string of the molecule is NNC(COc1cccc(Cl)c1)Cc1ccncc1. The topological polar surface area (TPSA) is 60.2 Å². The van der Waals surface area contributed by atoms with E-state index in [4.69, 9.17) is 22.2 Å². The Kier molecular flexibility index (Phi) is 5.15. The van der Waals surface area contributed by atoms with Crippen molar-refractivity contribution in [3.05, 3.63) is 59.4 Å². The van der Waals surface area contributed by atoms with Crippen molar-refractivity contribution in [2.45, 2.75) is 12.5 Å². The number of hydrogen-bond donors (Lipinski definition) is 2. The first kappa shape index (κ1) is 13.8. The third kappa shape index (κ3) is 4.52. The molecule has 2 rings (SSSR count). The average molecular weight is 278 g/mol. The van der Waals surface area contributed by atoms with Gasteiger partial charge in [0.15, 0.2) is 0 Å². The van der Waals surface area contributed by atoms with Gasteiger partial charge in [0.2, 0.25) is 0 Å². The molecule has 1 aromatic carbocycles. The third-order valence-electron chi connectivity index (χ3n) is 2.71. The number of hydrazine groups is 1. The number of rotatable bonds is 6. The Morgan fingerprint density at radius 3 is 2.74 bits per heavy atom. The summed E-state index contributed by atoms with van der Waals surface area (Å²) >= 11 is 5.90. The van der Waals surface area contributed by atoms with Gasteiger partial charge in [-0.2, -0.15) is 0 Å². The number of nitrogens with zero attached hydrogens (tertiary/aromatic N) is 1. The molecule has 0 saturated heterocycles. The average Bonchev–Trinajstić information content (AvgIpc) is 2.44. The second kappa shape index (κ2) is 7.09. The lowest BCUT2D eigenvalue weighted by Crippen LogP contribution is -2.41. The fraction of sp³-hybridized carbons (Fsp3) is 0.214. The van der Waals surface area contributed by atoms with Gasteiger partial charge in [0, 0.05) is 17.4 Å². The molecule has 1 heterocycles. The van der Waals surface area contributed by atoms with E-state index in [1.165, 1.54) is 0 Å². The van der Waals surface area contributed by atoms with E-state index in [0.717, 1.165) is 17.7 Å². The molecule has 100 valence electrons. The molecule has 1 aromatic heterocycles. The van der Waals surface area contributed by atoms with Crippen LogP contribution < -0.4 is 16.0 Å². The van der Waals surface area contributed by atoms with Crippen LogP contribution >= 0.6 is 11.6 Å². The minimum absolute atomic E-state index is 0.0291. The number of halogens is 1. The third-order valence-corrected chi connectivity index (χ3v) is 2.95. The molecule has 1 atom stereocenters. The van der Waals surface area contributed by atoms with E-state index in [9.17, 15) is 0 Å². The summed E-state index contributed by atoms with van der Waals surface area (Å²) in [5, 5.41) is 0.656. The molecule has 0 aliphatic heterocycles. The van der Waals surface area contributed by atoms with Crippen LogP contribution in [-0.2, 0) is 6.42 Å². The second-order valence-corrected chi connectivity index (χ2v) is 4.63. The summed E-state index contributed by atoms with van der Waals surface area (Å²) in [6.07, 6.45) is 4.31. The minimum atomic E-state index is 0.0291. The quantitative estimate of drug-likeness (QED) is 0.628. The van der Waals surface area contributed by atoms with E-state index in [1.54, 1.807) is 18.5 Å². The molecular weight excluding hydrogens is 262 g/mol. The predicted molar refractivity (Wildman–Crippen MR) is 76.0 cm³/mol. The van der Waals surface area contributed by atoms with Gasteiger partial charge in [-0.05, 0) is 42.3 Å². The molecule has 5 heteroatoms. The molecule has 2 aromatic rings. The predicted octanol–water partition coefficient (Wildman–Crippen LogP) is 2.19. The first-order valence-electron chi connectivity index (χ1n) is 6.01. The number of pyridine rings is 1. The largest absolute Gasteiger partial charge is 0.492 e. The van der Waals surface area contributed by atoms with E-state index in [1.807, 2.05) is 30.3 Å². The van der Waals surface area contributed by atoms with E-state index in [-0.39, 0.29) is 6.04 Å². The Morgan fingerprint density at radius 1 is 1.26 bits per heavy atom. The van der Waals surface area contributed by atoms with Crippen molar-refractivity contribution in [1.82, 2.24) is 10.4 Å². The summed E-state index contributed by atoms with van der Waals surface area (Å²) in [7, 11) is 0. The molecular formula is C14H16ClN3O. The Hall–Kier alpha value is -1.62. The van der Waals surface area contributed by atoms with Crippen LogP contribution in [0.4, 0.5) is 0 Å². The summed E-state index contributed by atoms with van der Waals surface area (Å²) in [4.78, 5) is 3.98. The van der Waals surface area contributed by atoms with E-state index in [0.29, 0.717) is 11.6 Å². The van der Waals surface area contributed by atoms with Gasteiger partial charge in [-0.25, -0.2) is 0 Å². The molecule has 1 unspecified atom stereocenters. The van der Waals surface area contributed by atoms with Crippen LogP contribution in [0.2, 0.25) is 5.02 Å². The molecule has 4 nitrogen and oxygen atoms in total. The minimum Gasteiger partial charge on any atom is -0.492 e. The molecule has 0 bridgehead atoms. The van der Waals surface area contributed by atoms with Crippen LogP contribution in [0, 0.1) is 0 Å². The summed E-state index contributed by atoms with van der Waals surface area (Å²) < 4.78 is 5.67. The number of hydrogen-bond acceptors (Lipinski definition) is 4. The maximum absolute atomic E-state index is 5.90. The molecule has 0 saturated carbocycles. The zero-order valence-corrected chi connectivity index (χ0v) is 11.2. The van der Waals surface area contributed by atoms with E-state index in [2.05, 4.69) is 10.4 Å². The molecule has 3 N–H and O–H groups in total. The van der Waals surface area contributed by atoms with Crippen LogP contribution in [0.15, 0.2) is 48.8 Å². The van der Waals surface area contributed by atoms with Crippen molar-refractivity contribution in [2.24, 2.45) is 5.84 Å². The van der Waals surface area contributed by atoms with Gasteiger partial charge >= 0.3 is 0 Å². The van der Waals surface area contributed by atoms with Gasteiger partial charge in [-0.1, -0.05) is 17.7 Å². The fourth-order valence-corrected chi connectivity index (χ4v) is 1.90. The summed E-state index contributed by atoms with van der Waals surface area (Å²) in [6, 6.07) is 11.3. The van der Waals surface area contributed by atoms with Gasteiger partial charge in [-0.3, -0.25) is 16.3 Å². The zero-order chi connectivity index (χ0) is 13.5. The van der Waals surface area contributed by atoms with E-state index >= 15 is 0 Å². The van der Waals surface area contributed by atoms with E-state index < -0.39 is 0 Å². The Labute approximate surface area is 117 Å². The number of ether oxygens (including phenoxy) is 1. The van der Waals surface area contributed by atoms with Crippen LogP contribution in [0.1, 0.15) is 5.56 Å². The van der Waals surface area contributed by atoms with Gasteiger partial charge in [-0.15, -0.1) is 0 Å². The standard InChI is InChI=1S/C14H16ClN3O/c15-12-2-1-3-14(9-12)19-10-13(18-16)8-11-4-6-17-7-5-11/h1-7,9,13,18H,8,10,16H2. The van der Waals surface area contributed by atoms with Crippen molar-refractivity contribution < 1.29 is 4.74 Å². The molecule has 0 aliphatic rings. The maximum Gasteiger partial charge on any atom is 0.120 e. The highest BCUT2D eigenvalue weighted by Crippen LogP contribution is 2.17. The normalized spacial score (nSPS) is 12.1. The molecule has 19 heavy (non-hydrogen) atoms. The number of nitrogens with one attached hydrogen (secondary N) is 1. The molecule has 0 amide bonds. The van der Waals surface area contributed by atoms with Crippen molar-refractivity contribution in [2.75, 3.05) is 6.61 Å². The number of nitrogens with two attached hydrogens (primary N) is 1. The highest BCUT2D eigenvalue weighted by Gasteiger charge is 2.08.